The van der Waals surface area contributed by atoms with Crippen LogP contribution in [0.2, 0.25) is 0 Å². The molecular formula is C31H50N2O5. The number of amides is 1. The summed E-state index contributed by atoms with van der Waals surface area (Å²) in [5.74, 6) is 0.314. The summed E-state index contributed by atoms with van der Waals surface area (Å²) in [5, 5.41) is 4.99. The number of ether oxygens (including phenoxy) is 3. The van der Waals surface area contributed by atoms with Gasteiger partial charge in [0.15, 0.2) is 0 Å². The molecule has 1 saturated heterocycles. The summed E-state index contributed by atoms with van der Waals surface area (Å²) in [7, 11) is 2.13. The molecule has 1 aliphatic heterocycles. The van der Waals surface area contributed by atoms with E-state index in [4.69, 9.17) is 14.2 Å². The highest BCUT2D eigenvalue weighted by Gasteiger charge is 2.19. The molecule has 7 nitrogen and oxygen atoms in total. The predicted octanol–water partition coefficient (Wildman–Crippen LogP) is 3.45. The molecule has 1 aromatic rings. The first-order valence-electron chi connectivity index (χ1n) is 14.2. The van der Waals surface area contributed by atoms with Crippen molar-refractivity contribution in [2.24, 2.45) is 5.92 Å². The Morgan fingerprint density at radius 3 is 2.63 bits per heavy atom. The monoisotopic (exact) mass is 530 g/mol. The maximum Gasteiger partial charge on any atom is 0.306 e. The third-order valence-corrected chi connectivity index (χ3v) is 6.71. The number of carbonyl (C=O) groups is 2. The fourth-order valence-electron chi connectivity index (χ4n) is 4.94. The van der Waals surface area contributed by atoms with E-state index in [2.05, 4.69) is 43.8 Å². The van der Waals surface area contributed by atoms with Gasteiger partial charge in [0.25, 0.3) is 5.91 Å². The van der Waals surface area contributed by atoms with Crippen LogP contribution in [0.1, 0.15) is 82.6 Å². The smallest absolute Gasteiger partial charge is 0.306 e. The van der Waals surface area contributed by atoms with Crippen LogP contribution < -0.4 is 15.8 Å². The molecular weight excluding hydrogens is 480 g/mol. The number of carbonyl (C=O) groups excluding carboxylic acids is 2. The second kappa shape index (κ2) is 16.0. The van der Waals surface area contributed by atoms with Crippen LogP contribution in [0.4, 0.5) is 0 Å². The molecule has 0 saturated carbocycles. The Hall–Kier alpha value is -2.22. The third-order valence-electron chi connectivity index (χ3n) is 6.71. The maximum atomic E-state index is 13.0. The minimum Gasteiger partial charge on any atom is -0.460 e. The van der Waals surface area contributed by atoms with Gasteiger partial charge in [-0.05, 0) is 81.5 Å². The fourth-order valence-corrected chi connectivity index (χ4v) is 4.94. The van der Waals surface area contributed by atoms with Crippen molar-refractivity contribution in [1.29, 1.82) is 0 Å². The number of nitrogens with zero attached hydrogens (tertiary/aromatic N) is 1. The zero-order valence-corrected chi connectivity index (χ0v) is 24.6. The van der Waals surface area contributed by atoms with Crippen molar-refractivity contribution in [3.63, 3.8) is 0 Å². The van der Waals surface area contributed by atoms with Gasteiger partial charge in [-0.2, -0.15) is 0 Å². The Kier molecular flexibility index (Phi) is 13.5. The summed E-state index contributed by atoms with van der Waals surface area (Å²) in [6, 6.07) is 3.80. The van der Waals surface area contributed by atoms with E-state index in [1.807, 2.05) is 32.9 Å². The number of hydrogen-bond acceptors (Lipinski definition) is 6. The molecule has 2 unspecified atom stereocenters. The van der Waals surface area contributed by atoms with Crippen molar-refractivity contribution < 1.29 is 23.8 Å². The molecule has 0 bridgehead atoms. The first kappa shape index (κ1) is 32.0. The van der Waals surface area contributed by atoms with Crippen molar-refractivity contribution in [1.82, 2.24) is 10.2 Å². The van der Waals surface area contributed by atoms with Crippen LogP contribution in [0.25, 0.3) is 12.7 Å². The molecule has 0 spiro atoms. The number of benzene rings is 1. The quantitative estimate of drug-likeness (QED) is 0.372. The van der Waals surface area contributed by atoms with Gasteiger partial charge in [-0.15, -0.1) is 0 Å². The molecule has 0 aliphatic carbocycles. The lowest BCUT2D eigenvalue weighted by molar-refractivity contribution is -0.155. The van der Waals surface area contributed by atoms with Gasteiger partial charge in [-0.1, -0.05) is 39.0 Å². The fraction of sp³-hybridized carbons (Fsp3) is 0.677. The van der Waals surface area contributed by atoms with Crippen molar-refractivity contribution >= 4 is 24.5 Å². The SMILES string of the molecule is C=c1ccc(C(=O)NCC2COCCO2)c(CC)/c1=C/CN(C)CC(CCC)CCCC(=O)OC(C)(C)C. The van der Waals surface area contributed by atoms with E-state index >= 15 is 0 Å². The molecule has 0 aromatic heterocycles. The molecule has 1 heterocycles. The predicted molar refractivity (Wildman–Crippen MR) is 154 cm³/mol. The van der Waals surface area contributed by atoms with Crippen LogP contribution in [-0.2, 0) is 25.4 Å². The molecule has 7 heteroatoms. The molecule has 38 heavy (non-hydrogen) atoms. The minimum atomic E-state index is -0.434. The molecule has 214 valence electrons. The highest BCUT2D eigenvalue weighted by Crippen LogP contribution is 2.18. The summed E-state index contributed by atoms with van der Waals surface area (Å²) < 4.78 is 16.5. The van der Waals surface area contributed by atoms with E-state index in [0.29, 0.717) is 44.3 Å². The van der Waals surface area contributed by atoms with Gasteiger partial charge in [-0.25, -0.2) is 0 Å². The topological polar surface area (TPSA) is 77.1 Å². The molecule has 1 aliphatic rings. The Morgan fingerprint density at radius 1 is 1.24 bits per heavy atom. The molecule has 1 fully saturated rings. The minimum absolute atomic E-state index is 0.0907. The van der Waals surface area contributed by atoms with E-state index in [-0.39, 0.29) is 18.0 Å². The molecule has 1 N–H and O–H groups in total. The molecule has 0 radical (unpaired) electrons. The summed E-state index contributed by atoms with van der Waals surface area (Å²) in [4.78, 5) is 27.4. The molecule has 1 amide bonds. The standard InChI is InChI=1S/C31H50N2O5/c1-8-11-24(12-10-13-29(34)38-31(4,5)6)21-33(7)17-16-27-23(3)14-15-28(26(27)9-2)30(35)32-20-25-22-36-18-19-37-25/h14-16,24-25H,3,8-13,17-22H2,1-2,4-7H3,(H,32,35)/b27-16+. The second-order valence-corrected chi connectivity index (χ2v) is 11.4. The average molecular weight is 531 g/mol. The first-order chi connectivity index (χ1) is 18.0. The third kappa shape index (κ3) is 11.3. The average Bonchev–Trinajstić information content (AvgIpc) is 2.85. The van der Waals surface area contributed by atoms with Gasteiger partial charge in [0.05, 0.1) is 25.9 Å². The van der Waals surface area contributed by atoms with Crippen molar-refractivity contribution in [3.05, 3.63) is 33.7 Å². The highest BCUT2D eigenvalue weighted by molar-refractivity contribution is 5.95. The van der Waals surface area contributed by atoms with Gasteiger partial charge in [-0.3, -0.25) is 9.59 Å². The lowest BCUT2D eigenvalue weighted by atomic mass is 9.96. The zero-order chi connectivity index (χ0) is 28.1. The van der Waals surface area contributed by atoms with E-state index in [0.717, 1.165) is 61.2 Å². The summed E-state index contributed by atoms with van der Waals surface area (Å²) in [5.41, 5.74) is 1.28. The zero-order valence-electron chi connectivity index (χ0n) is 24.6. The van der Waals surface area contributed by atoms with E-state index in [1.165, 1.54) is 0 Å². The van der Waals surface area contributed by atoms with Crippen LogP contribution in [0, 0.1) is 5.92 Å². The Balaban J connectivity index is 2.01. The Bertz CT molecular complexity index is 995. The van der Waals surface area contributed by atoms with Crippen LogP contribution >= 0.6 is 0 Å². The molecule has 2 rings (SSSR count). The summed E-state index contributed by atoms with van der Waals surface area (Å²) in [6.07, 6.45) is 7.39. The number of nitrogens with one attached hydrogen (secondary N) is 1. The number of rotatable bonds is 14. The van der Waals surface area contributed by atoms with Gasteiger partial charge >= 0.3 is 5.97 Å². The van der Waals surface area contributed by atoms with Crippen LogP contribution in [0.3, 0.4) is 0 Å². The number of hydrogen-bond donors (Lipinski definition) is 1. The molecule has 1 aromatic carbocycles. The van der Waals surface area contributed by atoms with Crippen LogP contribution in [-0.4, -0.2) is 75.0 Å². The first-order valence-corrected chi connectivity index (χ1v) is 14.2. The van der Waals surface area contributed by atoms with Crippen LogP contribution in [0.15, 0.2) is 12.1 Å². The normalized spacial score (nSPS) is 17.4. The summed E-state index contributed by atoms with van der Waals surface area (Å²) in [6.45, 7) is 18.1. The van der Waals surface area contributed by atoms with Crippen LogP contribution in [0.5, 0.6) is 0 Å². The van der Waals surface area contributed by atoms with Gasteiger partial charge in [0.2, 0.25) is 0 Å². The lowest BCUT2D eigenvalue weighted by Crippen LogP contribution is -2.41. The molecule has 2 atom stereocenters. The Labute approximate surface area is 229 Å². The van der Waals surface area contributed by atoms with Gasteiger partial charge in [0, 0.05) is 31.6 Å². The van der Waals surface area contributed by atoms with Crippen molar-refractivity contribution in [2.45, 2.75) is 84.8 Å². The van der Waals surface area contributed by atoms with E-state index in [9.17, 15) is 9.59 Å². The lowest BCUT2D eigenvalue weighted by Gasteiger charge is -2.24. The second-order valence-electron chi connectivity index (χ2n) is 11.4. The van der Waals surface area contributed by atoms with Crippen molar-refractivity contribution in [3.8, 4) is 0 Å². The van der Waals surface area contributed by atoms with Gasteiger partial charge < -0.3 is 24.4 Å². The summed E-state index contributed by atoms with van der Waals surface area (Å²) >= 11 is 0. The maximum absolute atomic E-state index is 13.0. The number of esters is 1. The van der Waals surface area contributed by atoms with Gasteiger partial charge in [0.1, 0.15) is 5.60 Å². The van der Waals surface area contributed by atoms with Crippen molar-refractivity contribution in [2.75, 3.05) is 46.5 Å². The van der Waals surface area contributed by atoms with E-state index in [1.54, 1.807) is 0 Å². The Morgan fingerprint density at radius 2 is 2.00 bits per heavy atom. The van der Waals surface area contributed by atoms with E-state index < -0.39 is 5.60 Å². The highest BCUT2D eigenvalue weighted by atomic mass is 16.6. The largest absolute Gasteiger partial charge is 0.460 e.